The van der Waals surface area contributed by atoms with Gasteiger partial charge in [0.1, 0.15) is 28.4 Å². The molecule has 0 bridgehead atoms. The van der Waals surface area contributed by atoms with Gasteiger partial charge in [-0.05, 0) is 31.5 Å². The molecular formula is C22H18N2O6S. The maximum atomic E-state index is 12.8. The van der Waals surface area contributed by atoms with Gasteiger partial charge in [-0.3, -0.25) is 9.78 Å². The number of aliphatic hydroxyl groups is 1. The number of furan rings is 1. The smallest absolute Gasteiger partial charge is 0.339 e. The second kappa shape index (κ2) is 7.36. The zero-order valence-corrected chi connectivity index (χ0v) is 17.3. The molecule has 3 aromatic heterocycles. The Balaban J connectivity index is 1.47. The van der Waals surface area contributed by atoms with Crippen LogP contribution in [0.5, 0.6) is 11.5 Å². The molecular weight excluding hydrogens is 420 g/mol. The Morgan fingerprint density at radius 1 is 1.29 bits per heavy atom. The van der Waals surface area contributed by atoms with Crippen LogP contribution in [0.4, 0.5) is 0 Å². The van der Waals surface area contributed by atoms with E-state index in [9.17, 15) is 19.8 Å². The van der Waals surface area contributed by atoms with Gasteiger partial charge in [-0.2, -0.15) is 0 Å². The fourth-order valence-electron chi connectivity index (χ4n) is 3.84. The number of rotatable bonds is 4. The summed E-state index contributed by atoms with van der Waals surface area (Å²) in [6, 6.07) is 8.43. The van der Waals surface area contributed by atoms with Crippen LogP contribution in [0.3, 0.4) is 0 Å². The number of carbonyl (C=O) groups is 2. The maximum Gasteiger partial charge on any atom is 0.339 e. The van der Waals surface area contributed by atoms with E-state index in [0.29, 0.717) is 58.1 Å². The molecule has 8 nitrogen and oxygen atoms in total. The van der Waals surface area contributed by atoms with Crippen molar-refractivity contribution in [1.82, 2.24) is 9.88 Å². The van der Waals surface area contributed by atoms with Crippen molar-refractivity contribution < 1.29 is 29.0 Å². The number of nitrogens with zero attached hydrogens (tertiary/aromatic N) is 2. The molecule has 0 aliphatic carbocycles. The minimum Gasteiger partial charge on any atom is -0.478 e. The highest BCUT2D eigenvalue weighted by molar-refractivity contribution is 7.21. The van der Waals surface area contributed by atoms with Crippen LogP contribution in [0.1, 0.15) is 32.2 Å². The fraction of sp³-hybridized carbons (Fsp3) is 0.227. The molecule has 0 radical (unpaired) electrons. The Kier molecular flexibility index (Phi) is 4.64. The zero-order chi connectivity index (χ0) is 21.7. The van der Waals surface area contributed by atoms with E-state index in [1.54, 1.807) is 48.4 Å². The van der Waals surface area contributed by atoms with Gasteiger partial charge in [-0.25, -0.2) is 4.79 Å². The molecule has 1 aliphatic rings. The SMILES string of the molecule is Cc1oc2cc(Oc3ccnc4cc(C(=O)N5CCC(O)C5)sc34)ccc2c1C(=O)O. The number of pyridine rings is 1. The van der Waals surface area contributed by atoms with Gasteiger partial charge in [0.15, 0.2) is 0 Å². The Morgan fingerprint density at radius 3 is 2.87 bits per heavy atom. The first-order chi connectivity index (χ1) is 14.9. The highest BCUT2D eigenvalue weighted by Crippen LogP contribution is 2.37. The third kappa shape index (κ3) is 3.41. The number of fused-ring (bicyclic) bond motifs is 2. The van der Waals surface area contributed by atoms with Crippen LogP contribution in [-0.2, 0) is 0 Å². The van der Waals surface area contributed by atoms with Gasteiger partial charge < -0.3 is 24.3 Å². The van der Waals surface area contributed by atoms with Gasteiger partial charge in [0.2, 0.25) is 0 Å². The summed E-state index contributed by atoms with van der Waals surface area (Å²) in [5.74, 6) is 0.187. The number of thiophene rings is 1. The molecule has 1 aliphatic heterocycles. The molecule has 1 unspecified atom stereocenters. The number of carbonyl (C=O) groups excluding carboxylic acids is 1. The third-order valence-electron chi connectivity index (χ3n) is 5.32. The monoisotopic (exact) mass is 438 g/mol. The normalized spacial score (nSPS) is 16.3. The second-order valence-electron chi connectivity index (χ2n) is 7.43. The van der Waals surface area contributed by atoms with Crippen LogP contribution in [0, 0.1) is 6.92 Å². The van der Waals surface area contributed by atoms with Gasteiger partial charge in [-0.1, -0.05) is 0 Å². The first kappa shape index (κ1) is 19.5. The lowest BCUT2D eigenvalue weighted by atomic mass is 10.1. The number of amides is 1. The first-order valence-electron chi connectivity index (χ1n) is 9.71. The predicted molar refractivity (Wildman–Crippen MR) is 114 cm³/mol. The van der Waals surface area contributed by atoms with Crippen molar-refractivity contribution in [2.75, 3.05) is 13.1 Å². The molecule has 31 heavy (non-hydrogen) atoms. The van der Waals surface area contributed by atoms with E-state index in [2.05, 4.69) is 4.98 Å². The third-order valence-corrected chi connectivity index (χ3v) is 6.44. The summed E-state index contributed by atoms with van der Waals surface area (Å²) in [6.07, 6.45) is 1.72. The van der Waals surface area contributed by atoms with Crippen LogP contribution >= 0.6 is 11.3 Å². The van der Waals surface area contributed by atoms with E-state index in [1.165, 1.54) is 11.3 Å². The first-order valence-corrected chi connectivity index (χ1v) is 10.5. The fourth-order valence-corrected chi connectivity index (χ4v) is 4.87. The number of aromatic carboxylic acids is 1. The number of β-amino-alcohol motifs (C(OH)–C–C–N with tert-alkyl or cyclic N) is 1. The average Bonchev–Trinajstić information content (AvgIpc) is 3.43. The van der Waals surface area contributed by atoms with E-state index in [1.807, 2.05) is 0 Å². The number of carboxylic acid groups (broad SMARTS) is 1. The standard InChI is InChI=1S/C22H18N2O6S/c1-11-19(22(27)28)14-3-2-13(8-17(14)29-11)30-16-4-6-23-15-9-18(31-20(15)16)21(26)24-7-5-12(25)10-24/h2-4,6,8-9,12,25H,5,7,10H2,1H3,(H,27,28). The molecule has 1 aromatic carbocycles. The summed E-state index contributed by atoms with van der Waals surface area (Å²) >= 11 is 1.29. The van der Waals surface area contributed by atoms with Crippen molar-refractivity contribution in [3.05, 3.63) is 52.7 Å². The predicted octanol–water partition coefficient (Wildman–Crippen LogP) is 4.05. The number of aliphatic hydroxyl groups excluding tert-OH is 1. The van der Waals surface area contributed by atoms with Crippen molar-refractivity contribution in [2.45, 2.75) is 19.4 Å². The zero-order valence-electron chi connectivity index (χ0n) is 16.5. The van der Waals surface area contributed by atoms with Crippen molar-refractivity contribution in [1.29, 1.82) is 0 Å². The summed E-state index contributed by atoms with van der Waals surface area (Å²) in [5.41, 5.74) is 1.21. The molecule has 158 valence electrons. The molecule has 4 aromatic rings. The number of hydrogen-bond donors (Lipinski definition) is 2. The highest BCUT2D eigenvalue weighted by atomic mass is 32.1. The van der Waals surface area contributed by atoms with E-state index < -0.39 is 12.1 Å². The summed E-state index contributed by atoms with van der Waals surface area (Å²) in [6.45, 7) is 2.48. The molecule has 0 saturated carbocycles. The summed E-state index contributed by atoms with van der Waals surface area (Å²) in [4.78, 5) is 30.7. The van der Waals surface area contributed by atoms with Gasteiger partial charge in [0, 0.05) is 36.8 Å². The molecule has 9 heteroatoms. The average molecular weight is 438 g/mol. The second-order valence-corrected chi connectivity index (χ2v) is 8.48. The molecule has 2 N–H and O–H groups in total. The van der Waals surface area contributed by atoms with Crippen LogP contribution in [-0.4, -0.2) is 51.2 Å². The number of carboxylic acids is 1. The van der Waals surface area contributed by atoms with Crippen LogP contribution in [0.15, 0.2) is 40.9 Å². The van der Waals surface area contributed by atoms with Crippen molar-refractivity contribution in [3.8, 4) is 11.5 Å². The van der Waals surface area contributed by atoms with Crippen LogP contribution in [0.25, 0.3) is 21.2 Å². The topological polar surface area (TPSA) is 113 Å². The molecule has 0 spiro atoms. The number of hydrogen-bond acceptors (Lipinski definition) is 7. The van der Waals surface area contributed by atoms with Crippen LogP contribution < -0.4 is 4.74 Å². The lowest BCUT2D eigenvalue weighted by Gasteiger charge is -2.13. The van der Waals surface area contributed by atoms with Crippen molar-refractivity contribution >= 4 is 44.4 Å². The molecule has 1 saturated heterocycles. The molecule has 1 atom stereocenters. The largest absolute Gasteiger partial charge is 0.478 e. The minimum atomic E-state index is -1.04. The van der Waals surface area contributed by atoms with E-state index in [0.717, 1.165) is 4.70 Å². The number of likely N-dealkylation sites (tertiary alicyclic amines) is 1. The number of ether oxygens (including phenoxy) is 1. The van der Waals surface area contributed by atoms with Crippen molar-refractivity contribution in [3.63, 3.8) is 0 Å². The Labute approximate surface area is 180 Å². The number of benzene rings is 1. The molecule has 5 rings (SSSR count). The Bertz CT molecular complexity index is 1340. The Morgan fingerprint density at radius 2 is 2.13 bits per heavy atom. The van der Waals surface area contributed by atoms with Crippen LogP contribution in [0.2, 0.25) is 0 Å². The van der Waals surface area contributed by atoms with Gasteiger partial charge in [0.25, 0.3) is 5.91 Å². The highest BCUT2D eigenvalue weighted by Gasteiger charge is 2.27. The quantitative estimate of drug-likeness (QED) is 0.494. The van der Waals surface area contributed by atoms with E-state index >= 15 is 0 Å². The minimum absolute atomic E-state index is 0.126. The number of aromatic nitrogens is 1. The summed E-state index contributed by atoms with van der Waals surface area (Å²) in [7, 11) is 0. The van der Waals surface area contributed by atoms with Crippen molar-refractivity contribution in [2.24, 2.45) is 0 Å². The molecule has 1 fully saturated rings. The summed E-state index contributed by atoms with van der Waals surface area (Å²) < 4.78 is 12.4. The lowest BCUT2D eigenvalue weighted by Crippen LogP contribution is -2.28. The van der Waals surface area contributed by atoms with E-state index in [4.69, 9.17) is 9.15 Å². The maximum absolute atomic E-state index is 12.8. The van der Waals surface area contributed by atoms with Gasteiger partial charge in [-0.15, -0.1) is 11.3 Å². The number of aryl methyl sites for hydroxylation is 1. The molecule has 4 heterocycles. The van der Waals surface area contributed by atoms with Gasteiger partial charge in [0.05, 0.1) is 21.2 Å². The Hall–Kier alpha value is -3.43. The lowest BCUT2D eigenvalue weighted by molar-refractivity contribution is 0.0696. The van der Waals surface area contributed by atoms with Gasteiger partial charge >= 0.3 is 5.97 Å². The summed E-state index contributed by atoms with van der Waals surface area (Å²) in [5, 5.41) is 19.6. The molecule has 1 amide bonds. The van der Waals surface area contributed by atoms with E-state index in [-0.39, 0.29) is 11.5 Å².